The van der Waals surface area contributed by atoms with Gasteiger partial charge in [-0.2, -0.15) is 0 Å². The summed E-state index contributed by atoms with van der Waals surface area (Å²) in [6, 6.07) is 0. The molecule has 0 aromatic rings. The molecule has 0 aliphatic heterocycles. The van der Waals surface area contributed by atoms with Crippen LogP contribution in [0.5, 0.6) is 0 Å². The highest BCUT2D eigenvalue weighted by Crippen LogP contribution is 1.95. The summed E-state index contributed by atoms with van der Waals surface area (Å²) in [5.74, 6) is 0. The monoisotopic (exact) mass is 127 g/mol. The number of hydrogen-bond donors (Lipinski definition) is 2. The predicted octanol–water partition coefficient (Wildman–Crippen LogP) is 0.574. The van der Waals surface area contributed by atoms with Gasteiger partial charge in [0.05, 0.1) is 6.34 Å². The number of rotatable bonds is 3. The molecule has 0 aromatic heterocycles. The van der Waals surface area contributed by atoms with Crippen molar-refractivity contribution in [3.63, 3.8) is 0 Å². The topological polar surface area (TPSA) is 64.4 Å². The summed E-state index contributed by atoms with van der Waals surface area (Å²) in [5.41, 5.74) is 11.2. The third kappa shape index (κ3) is 4.87. The second kappa shape index (κ2) is 5.15. The van der Waals surface area contributed by atoms with Gasteiger partial charge >= 0.3 is 0 Å². The van der Waals surface area contributed by atoms with Crippen molar-refractivity contribution in [1.82, 2.24) is 0 Å². The fraction of sp³-hybridized carbons (Fsp3) is 0.500. The van der Waals surface area contributed by atoms with E-state index in [1.807, 2.05) is 0 Å². The van der Waals surface area contributed by atoms with Gasteiger partial charge in [0.2, 0.25) is 0 Å². The maximum absolute atomic E-state index is 5.46. The van der Waals surface area contributed by atoms with Crippen molar-refractivity contribution in [2.24, 2.45) is 16.5 Å². The lowest BCUT2D eigenvalue weighted by atomic mass is 10.3. The maximum Gasteiger partial charge on any atom is 0.0853 e. The number of nitrogens with two attached hydrogens (primary N) is 2. The van der Waals surface area contributed by atoms with E-state index in [1.165, 1.54) is 6.34 Å². The molecular weight excluding hydrogens is 114 g/mol. The summed E-state index contributed by atoms with van der Waals surface area (Å²) >= 11 is 0. The number of hydrogen-bond acceptors (Lipinski definition) is 2. The van der Waals surface area contributed by atoms with Crippen LogP contribution >= 0.6 is 0 Å². The highest BCUT2D eigenvalue weighted by atomic mass is 14.8. The molecule has 0 radical (unpaired) electrons. The first-order valence-corrected chi connectivity index (χ1v) is 2.99. The molecule has 0 aliphatic rings. The SMILES string of the molecule is CCC/C(N)=C\N=C/N. The standard InChI is InChI=1S/C6H13N3/c1-2-3-6(8)4-9-5-7/h4-5H,2-3,8H2,1H3,(H2,7,9)/b6-4+. The summed E-state index contributed by atoms with van der Waals surface area (Å²) in [6.07, 6.45) is 4.73. The molecule has 0 rings (SSSR count). The molecule has 4 N–H and O–H groups in total. The Morgan fingerprint density at radius 3 is 2.78 bits per heavy atom. The molecule has 0 aromatic carbocycles. The van der Waals surface area contributed by atoms with Crippen molar-refractivity contribution in [2.75, 3.05) is 0 Å². The van der Waals surface area contributed by atoms with E-state index >= 15 is 0 Å². The van der Waals surface area contributed by atoms with E-state index in [9.17, 15) is 0 Å². The molecule has 0 aliphatic carbocycles. The van der Waals surface area contributed by atoms with Crippen LogP contribution in [0.3, 0.4) is 0 Å². The van der Waals surface area contributed by atoms with Crippen molar-refractivity contribution in [3.05, 3.63) is 11.9 Å². The molecule has 0 unspecified atom stereocenters. The average molecular weight is 127 g/mol. The number of nitrogens with zero attached hydrogens (tertiary/aromatic N) is 1. The van der Waals surface area contributed by atoms with Gasteiger partial charge in [-0.05, 0) is 6.42 Å². The third-order valence-corrected chi connectivity index (χ3v) is 0.865. The van der Waals surface area contributed by atoms with Crippen LogP contribution in [-0.2, 0) is 0 Å². The smallest absolute Gasteiger partial charge is 0.0853 e. The third-order valence-electron chi connectivity index (χ3n) is 0.865. The average Bonchev–Trinajstić information content (AvgIpc) is 1.85. The first-order chi connectivity index (χ1) is 4.31. The van der Waals surface area contributed by atoms with Crippen molar-refractivity contribution < 1.29 is 0 Å². The Kier molecular flexibility index (Phi) is 4.59. The van der Waals surface area contributed by atoms with Gasteiger partial charge in [0, 0.05) is 11.9 Å². The zero-order valence-electron chi connectivity index (χ0n) is 5.67. The number of allylic oxidation sites excluding steroid dienone is 1. The second-order valence-corrected chi connectivity index (χ2v) is 1.75. The van der Waals surface area contributed by atoms with Crippen molar-refractivity contribution in [3.8, 4) is 0 Å². The fourth-order valence-corrected chi connectivity index (χ4v) is 0.492. The number of aliphatic imine (C=N–C) groups is 1. The minimum absolute atomic E-state index is 0.777. The zero-order chi connectivity index (χ0) is 7.11. The molecule has 3 heteroatoms. The van der Waals surface area contributed by atoms with Crippen LogP contribution in [-0.4, -0.2) is 6.34 Å². The van der Waals surface area contributed by atoms with E-state index in [1.54, 1.807) is 6.20 Å². The summed E-state index contributed by atoms with van der Waals surface area (Å²) < 4.78 is 0. The van der Waals surface area contributed by atoms with E-state index in [0.717, 1.165) is 18.5 Å². The van der Waals surface area contributed by atoms with Gasteiger partial charge in [0.25, 0.3) is 0 Å². The molecule has 52 valence electrons. The van der Waals surface area contributed by atoms with Crippen molar-refractivity contribution in [1.29, 1.82) is 0 Å². The molecule has 0 saturated heterocycles. The quantitative estimate of drug-likeness (QED) is 0.430. The molecule has 0 amide bonds. The van der Waals surface area contributed by atoms with Crippen LogP contribution in [0.15, 0.2) is 16.9 Å². The Morgan fingerprint density at radius 2 is 2.33 bits per heavy atom. The zero-order valence-corrected chi connectivity index (χ0v) is 5.67. The predicted molar refractivity (Wildman–Crippen MR) is 39.9 cm³/mol. The van der Waals surface area contributed by atoms with Gasteiger partial charge < -0.3 is 11.5 Å². The summed E-state index contributed by atoms with van der Waals surface area (Å²) in [7, 11) is 0. The lowest BCUT2D eigenvalue weighted by Gasteiger charge is -1.92. The Balaban J connectivity index is 3.55. The van der Waals surface area contributed by atoms with Gasteiger partial charge in [-0.1, -0.05) is 13.3 Å². The van der Waals surface area contributed by atoms with Crippen LogP contribution in [0.1, 0.15) is 19.8 Å². The first kappa shape index (κ1) is 8.01. The Bertz CT molecular complexity index is 115. The highest BCUT2D eigenvalue weighted by Gasteiger charge is 1.82. The molecule has 0 heterocycles. The fourth-order valence-electron chi connectivity index (χ4n) is 0.492. The molecule has 9 heavy (non-hydrogen) atoms. The van der Waals surface area contributed by atoms with Gasteiger partial charge in [-0.15, -0.1) is 0 Å². The van der Waals surface area contributed by atoms with Gasteiger partial charge in [-0.25, -0.2) is 4.99 Å². The van der Waals surface area contributed by atoms with Crippen LogP contribution in [0, 0.1) is 0 Å². The van der Waals surface area contributed by atoms with Crippen LogP contribution in [0.2, 0.25) is 0 Å². The lowest BCUT2D eigenvalue weighted by molar-refractivity contribution is 0.889. The van der Waals surface area contributed by atoms with Crippen LogP contribution in [0.4, 0.5) is 0 Å². The summed E-state index contributed by atoms with van der Waals surface area (Å²) in [5, 5.41) is 0. The minimum atomic E-state index is 0.777. The molecular formula is C6H13N3. The van der Waals surface area contributed by atoms with Gasteiger partial charge in [0.1, 0.15) is 0 Å². The molecule has 0 bridgehead atoms. The molecule has 3 nitrogen and oxygen atoms in total. The van der Waals surface area contributed by atoms with Crippen LogP contribution in [0.25, 0.3) is 0 Å². The van der Waals surface area contributed by atoms with E-state index in [2.05, 4.69) is 11.9 Å². The van der Waals surface area contributed by atoms with Gasteiger partial charge in [-0.3, -0.25) is 0 Å². The molecule has 0 atom stereocenters. The van der Waals surface area contributed by atoms with E-state index in [4.69, 9.17) is 11.5 Å². The molecule has 0 spiro atoms. The first-order valence-electron chi connectivity index (χ1n) is 2.99. The second-order valence-electron chi connectivity index (χ2n) is 1.75. The van der Waals surface area contributed by atoms with E-state index in [-0.39, 0.29) is 0 Å². The normalized spacial score (nSPS) is 12.8. The maximum atomic E-state index is 5.46. The summed E-state index contributed by atoms with van der Waals surface area (Å²) in [6.45, 7) is 2.06. The Morgan fingerprint density at radius 1 is 1.67 bits per heavy atom. The largest absolute Gasteiger partial charge is 0.401 e. The molecule has 0 fully saturated rings. The lowest BCUT2D eigenvalue weighted by Crippen LogP contribution is -1.95. The Hall–Kier alpha value is -0.990. The van der Waals surface area contributed by atoms with Crippen molar-refractivity contribution in [2.45, 2.75) is 19.8 Å². The van der Waals surface area contributed by atoms with E-state index in [0.29, 0.717) is 0 Å². The van der Waals surface area contributed by atoms with Gasteiger partial charge in [0.15, 0.2) is 0 Å². The minimum Gasteiger partial charge on any atom is -0.401 e. The van der Waals surface area contributed by atoms with Crippen molar-refractivity contribution >= 4 is 6.34 Å². The molecule has 0 saturated carbocycles. The highest BCUT2D eigenvalue weighted by molar-refractivity contribution is 5.52. The summed E-state index contributed by atoms with van der Waals surface area (Å²) in [4.78, 5) is 3.66. The van der Waals surface area contributed by atoms with E-state index < -0.39 is 0 Å². The van der Waals surface area contributed by atoms with Crippen LogP contribution < -0.4 is 11.5 Å². The Labute approximate surface area is 55.4 Å².